The van der Waals surface area contributed by atoms with Crippen molar-refractivity contribution in [3.8, 4) is 11.3 Å². The fourth-order valence-electron chi connectivity index (χ4n) is 2.82. The van der Waals surface area contributed by atoms with E-state index in [1.54, 1.807) is 48.4 Å². The van der Waals surface area contributed by atoms with Crippen LogP contribution in [0.5, 0.6) is 0 Å². The molecule has 164 valence electrons. The highest BCUT2D eigenvalue weighted by Crippen LogP contribution is 2.26. The molecule has 1 unspecified atom stereocenters. The summed E-state index contributed by atoms with van der Waals surface area (Å²) in [6, 6.07) is 6.87. The van der Waals surface area contributed by atoms with Crippen molar-refractivity contribution in [3.05, 3.63) is 42.9 Å². The van der Waals surface area contributed by atoms with E-state index in [2.05, 4.69) is 36.2 Å². The predicted molar refractivity (Wildman–Crippen MR) is 108 cm³/mol. The molecule has 0 aromatic carbocycles. The monoisotopic (exact) mass is 434 g/mol. The lowest BCUT2D eigenvalue weighted by molar-refractivity contribution is -0.145. The van der Waals surface area contributed by atoms with E-state index in [0.717, 1.165) is 5.82 Å². The molecule has 3 aromatic heterocycles. The van der Waals surface area contributed by atoms with Gasteiger partial charge in [0.25, 0.3) is 0 Å². The van der Waals surface area contributed by atoms with Gasteiger partial charge in [-0.3, -0.25) is 20.3 Å². The van der Waals surface area contributed by atoms with Gasteiger partial charge >= 0.3 is 6.18 Å². The molecule has 3 rings (SSSR count). The standard InChI is InChI=1S/C19H21F3N8O/c1-12(11-19(20,21)22)9-17(31)29-28-15-10-13(3-6-23-15)14-4-7-24-18(26-14)27-16-5-8-25-30(16)2/h3-8,10,12H,9,11H2,1-2H3,(H,23,28)(H,29,31)(H,24,26,27). The van der Waals surface area contributed by atoms with Crippen molar-refractivity contribution < 1.29 is 18.0 Å². The third kappa shape index (κ3) is 6.66. The lowest BCUT2D eigenvalue weighted by Gasteiger charge is -2.14. The first kappa shape index (κ1) is 22.0. The smallest absolute Gasteiger partial charge is 0.309 e. The number of nitrogens with zero attached hydrogens (tertiary/aromatic N) is 5. The first-order valence-corrected chi connectivity index (χ1v) is 9.36. The Balaban J connectivity index is 1.62. The van der Waals surface area contributed by atoms with Crippen molar-refractivity contribution in [1.82, 2.24) is 30.2 Å². The van der Waals surface area contributed by atoms with Crippen molar-refractivity contribution in [1.29, 1.82) is 0 Å². The molecule has 3 aromatic rings. The minimum absolute atomic E-state index is 0.263. The topological polar surface area (TPSA) is 110 Å². The number of alkyl halides is 3. The average molecular weight is 434 g/mol. The molecule has 0 saturated heterocycles. The summed E-state index contributed by atoms with van der Waals surface area (Å²) < 4.78 is 38.8. The Kier molecular flexibility index (Phi) is 6.68. The Morgan fingerprint density at radius 2 is 1.94 bits per heavy atom. The summed E-state index contributed by atoms with van der Waals surface area (Å²) in [7, 11) is 1.78. The number of anilines is 3. The summed E-state index contributed by atoms with van der Waals surface area (Å²) in [5.41, 5.74) is 6.29. The molecular weight excluding hydrogens is 413 g/mol. The molecule has 0 bridgehead atoms. The molecule has 3 heterocycles. The first-order valence-electron chi connectivity index (χ1n) is 9.36. The van der Waals surface area contributed by atoms with Crippen LogP contribution in [0.25, 0.3) is 11.3 Å². The van der Waals surface area contributed by atoms with Crippen molar-refractivity contribution in [2.75, 3.05) is 10.7 Å². The van der Waals surface area contributed by atoms with Gasteiger partial charge in [0, 0.05) is 43.9 Å². The number of amides is 1. The second-order valence-electron chi connectivity index (χ2n) is 6.96. The molecule has 0 aliphatic rings. The number of aromatic nitrogens is 5. The number of hydrogen-bond donors (Lipinski definition) is 3. The summed E-state index contributed by atoms with van der Waals surface area (Å²) in [5.74, 6) is 0.0197. The maximum Gasteiger partial charge on any atom is 0.389 e. The lowest BCUT2D eigenvalue weighted by atomic mass is 10.0. The number of carbonyl (C=O) groups excluding carboxylic acids is 1. The summed E-state index contributed by atoms with van der Waals surface area (Å²) >= 11 is 0. The van der Waals surface area contributed by atoms with Gasteiger partial charge < -0.3 is 5.32 Å². The van der Waals surface area contributed by atoms with E-state index in [-0.39, 0.29) is 6.42 Å². The molecule has 12 heteroatoms. The first-order chi connectivity index (χ1) is 14.7. The van der Waals surface area contributed by atoms with Crippen molar-refractivity contribution in [3.63, 3.8) is 0 Å². The van der Waals surface area contributed by atoms with Crippen LogP contribution in [0.15, 0.2) is 42.9 Å². The van der Waals surface area contributed by atoms with Gasteiger partial charge in [-0.2, -0.15) is 18.3 Å². The van der Waals surface area contributed by atoms with Gasteiger partial charge in [-0.05, 0) is 24.1 Å². The van der Waals surface area contributed by atoms with Gasteiger partial charge in [0.05, 0.1) is 11.9 Å². The van der Waals surface area contributed by atoms with Gasteiger partial charge in [-0.1, -0.05) is 6.92 Å². The zero-order valence-electron chi connectivity index (χ0n) is 16.8. The Morgan fingerprint density at radius 3 is 2.65 bits per heavy atom. The van der Waals surface area contributed by atoms with Crippen LogP contribution in [0.2, 0.25) is 0 Å². The molecule has 1 atom stereocenters. The molecule has 0 radical (unpaired) electrons. The van der Waals surface area contributed by atoms with Crippen LogP contribution in [0.3, 0.4) is 0 Å². The Bertz CT molecular complexity index is 1040. The SMILES string of the molecule is CC(CC(=O)NNc1cc(-c2ccnc(Nc3ccnn3C)n2)ccn1)CC(F)(F)F. The second-order valence-corrected chi connectivity index (χ2v) is 6.96. The van der Waals surface area contributed by atoms with Crippen molar-refractivity contribution in [2.45, 2.75) is 25.9 Å². The molecule has 0 saturated carbocycles. The maximum absolute atomic E-state index is 12.4. The highest BCUT2D eigenvalue weighted by molar-refractivity contribution is 5.77. The van der Waals surface area contributed by atoms with Crippen molar-refractivity contribution >= 4 is 23.5 Å². The Hall–Kier alpha value is -3.70. The number of pyridine rings is 1. The van der Waals surface area contributed by atoms with Crippen LogP contribution >= 0.6 is 0 Å². The summed E-state index contributed by atoms with van der Waals surface area (Å²) in [5, 5.41) is 7.13. The Morgan fingerprint density at radius 1 is 1.16 bits per heavy atom. The molecule has 0 aliphatic heterocycles. The number of aryl methyl sites for hydroxylation is 1. The van der Waals surface area contributed by atoms with Gasteiger partial charge in [0.1, 0.15) is 11.6 Å². The third-order valence-corrected chi connectivity index (χ3v) is 4.22. The molecule has 1 amide bonds. The number of hydrazine groups is 1. The van der Waals surface area contributed by atoms with E-state index >= 15 is 0 Å². The molecule has 9 nitrogen and oxygen atoms in total. The Labute approximate surface area is 176 Å². The highest BCUT2D eigenvalue weighted by Gasteiger charge is 2.30. The summed E-state index contributed by atoms with van der Waals surface area (Å²) in [6.45, 7) is 1.37. The fraction of sp³-hybridized carbons (Fsp3) is 0.316. The van der Waals surface area contributed by atoms with E-state index in [1.165, 1.54) is 13.1 Å². The van der Waals surface area contributed by atoms with Crippen LogP contribution in [0, 0.1) is 5.92 Å². The molecule has 0 aliphatic carbocycles. The highest BCUT2D eigenvalue weighted by atomic mass is 19.4. The minimum atomic E-state index is -4.30. The summed E-state index contributed by atoms with van der Waals surface area (Å²) in [4.78, 5) is 24.6. The number of nitrogens with one attached hydrogen (secondary N) is 3. The van der Waals surface area contributed by atoms with Gasteiger partial charge in [-0.15, -0.1) is 0 Å². The number of halogens is 3. The third-order valence-electron chi connectivity index (χ3n) is 4.22. The van der Waals surface area contributed by atoms with Crippen LogP contribution in [-0.2, 0) is 11.8 Å². The van der Waals surface area contributed by atoms with Gasteiger partial charge in [0.2, 0.25) is 11.9 Å². The summed E-state index contributed by atoms with van der Waals surface area (Å²) in [6.07, 6.45) is -0.820. The zero-order valence-corrected chi connectivity index (χ0v) is 16.8. The van der Waals surface area contributed by atoms with E-state index in [9.17, 15) is 18.0 Å². The van der Waals surface area contributed by atoms with E-state index in [4.69, 9.17) is 0 Å². The average Bonchev–Trinajstić information content (AvgIpc) is 3.10. The normalized spacial score (nSPS) is 12.3. The van der Waals surface area contributed by atoms with E-state index in [1.807, 2.05) is 0 Å². The molecule has 0 spiro atoms. The number of rotatable bonds is 8. The maximum atomic E-state index is 12.4. The predicted octanol–water partition coefficient (Wildman–Crippen LogP) is 3.44. The number of hydrogen-bond acceptors (Lipinski definition) is 7. The largest absolute Gasteiger partial charge is 0.389 e. The van der Waals surface area contributed by atoms with Crippen molar-refractivity contribution in [2.24, 2.45) is 13.0 Å². The van der Waals surface area contributed by atoms with Crippen LogP contribution in [0.4, 0.5) is 30.8 Å². The minimum Gasteiger partial charge on any atom is -0.309 e. The molecular formula is C19H21F3N8O. The van der Waals surface area contributed by atoms with Gasteiger partial charge in [0.15, 0.2) is 0 Å². The molecule has 3 N–H and O–H groups in total. The molecule has 31 heavy (non-hydrogen) atoms. The van der Waals surface area contributed by atoms with E-state index in [0.29, 0.717) is 23.0 Å². The fourth-order valence-corrected chi connectivity index (χ4v) is 2.82. The van der Waals surface area contributed by atoms with Crippen LogP contribution < -0.4 is 16.2 Å². The van der Waals surface area contributed by atoms with Gasteiger partial charge in [-0.25, -0.2) is 15.0 Å². The second kappa shape index (κ2) is 9.41. The zero-order chi connectivity index (χ0) is 22.4. The molecule has 0 fully saturated rings. The van der Waals surface area contributed by atoms with Crippen LogP contribution in [0.1, 0.15) is 19.8 Å². The lowest BCUT2D eigenvalue weighted by Crippen LogP contribution is -2.31. The quantitative estimate of drug-likeness (QED) is 0.466. The van der Waals surface area contributed by atoms with Crippen LogP contribution in [-0.4, -0.2) is 36.8 Å². The number of carbonyl (C=O) groups is 1. The van der Waals surface area contributed by atoms with E-state index < -0.39 is 24.4 Å².